The Bertz CT molecular complexity index is 432. The third-order valence-electron chi connectivity index (χ3n) is 2.14. The summed E-state index contributed by atoms with van der Waals surface area (Å²) in [5, 5.41) is 13.4. The molecule has 0 saturated heterocycles. The number of hydrogen-bond donors (Lipinski definition) is 1. The number of hydrogen-bond acceptors (Lipinski definition) is 5. The Morgan fingerprint density at radius 2 is 2.21 bits per heavy atom. The molecule has 6 heteroatoms. The van der Waals surface area contributed by atoms with E-state index in [2.05, 4.69) is 15.3 Å². The van der Waals surface area contributed by atoms with Crippen molar-refractivity contribution in [3.8, 4) is 0 Å². The molecule has 2 N–H and O–H groups in total. The molecule has 0 aliphatic heterocycles. The summed E-state index contributed by atoms with van der Waals surface area (Å²) in [6.07, 6.45) is 1.73. The second kappa shape index (κ2) is 3.62. The van der Waals surface area contributed by atoms with Gasteiger partial charge in [0.05, 0.1) is 6.04 Å². The maximum absolute atomic E-state index is 5.90. The topological polar surface area (TPSA) is 69.1 Å². The summed E-state index contributed by atoms with van der Waals surface area (Å²) in [7, 11) is 0. The summed E-state index contributed by atoms with van der Waals surface area (Å²) < 4.78 is 1.79. The Balaban J connectivity index is 2.46. The van der Waals surface area contributed by atoms with Crippen molar-refractivity contribution in [1.82, 2.24) is 19.8 Å². The van der Waals surface area contributed by atoms with Gasteiger partial charge < -0.3 is 5.73 Å². The van der Waals surface area contributed by atoms with Crippen molar-refractivity contribution in [3.05, 3.63) is 10.8 Å². The predicted octanol–water partition coefficient (Wildman–Crippen LogP) is 1.16. The van der Waals surface area contributed by atoms with Gasteiger partial charge >= 0.3 is 0 Å². The second-order valence-corrected chi connectivity index (χ2v) is 4.11. The second-order valence-electron chi connectivity index (χ2n) is 3.12. The average Bonchev–Trinajstić information content (AvgIpc) is 2.74. The van der Waals surface area contributed by atoms with Crippen molar-refractivity contribution in [3.63, 3.8) is 0 Å². The van der Waals surface area contributed by atoms with Crippen LogP contribution in [0, 0.1) is 0 Å². The maximum atomic E-state index is 5.90. The van der Waals surface area contributed by atoms with E-state index >= 15 is 0 Å². The average molecular weight is 211 g/mol. The van der Waals surface area contributed by atoms with Crippen LogP contribution in [0.25, 0.3) is 4.96 Å². The van der Waals surface area contributed by atoms with Gasteiger partial charge in [-0.25, -0.2) is 0 Å². The summed E-state index contributed by atoms with van der Waals surface area (Å²) in [6, 6.07) is 0.0198. The number of nitrogens with zero attached hydrogens (tertiary/aromatic N) is 4. The van der Waals surface area contributed by atoms with Gasteiger partial charge in [-0.15, -0.1) is 10.2 Å². The highest BCUT2D eigenvalue weighted by Gasteiger charge is 2.13. The third-order valence-corrected chi connectivity index (χ3v) is 3.18. The van der Waals surface area contributed by atoms with Crippen molar-refractivity contribution in [1.29, 1.82) is 0 Å². The molecule has 0 fully saturated rings. The van der Waals surface area contributed by atoms with Gasteiger partial charge in [-0.2, -0.15) is 9.61 Å². The first-order valence-electron chi connectivity index (χ1n) is 4.72. The highest BCUT2D eigenvalue weighted by Crippen LogP contribution is 2.20. The first kappa shape index (κ1) is 9.54. The van der Waals surface area contributed by atoms with Gasteiger partial charge in [-0.3, -0.25) is 0 Å². The minimum absolute atomic E-state index is 0.0198. The first-order valence-corrected chi connectivity index (χ1v) is 5.54. The number of fused-ring (bicyclic) bond motifs is 1. The molecule has 0 spiro atoms. The molecule has 2 aromatic heterocycles. The zero-order valence-electron chi connectivity index (χ0n) is 8.27. The molecule has 76 valence electrons. The van der Waals surface area contributed by atoms with E-state index in [4.69, 9.17) is 5.73 Å². The van der Waals surface area contributed by atoms with Gasteiger partial charge in [0.1, 0.15) is 5.01 Å². The lowest BCUT2D eigenvalue weighted by Gasteiger charge is -2.01. The van der Waals surface area contributed by atoms with Crippen molar-refractivity contribution in [2.45, 2.75) is 32.7 Å². The van der Waals surface area contributed by atoms with Gasteiger partial charge in [0.25, 0.3) is 0 Å². The number of aryl methyl sites for hydroxylation is 1. The highest BCUT2D eigenvalue weighted by atomic mass is 32.1. The van der Waals surface area contributed by atoms with Crippen molar-refractivity contribution in [2.75, 3.05) is 0 Å². The molecule has 1 unspecified atom stereocenters. The highest BCUT2D eigenvalue weighted by molar-refractivity contribution is 7.16. The van der Waals surface area contributed by atoms with E-state index < -0.39 is 0 Å². The van der Waals surface area contributed by atoms with Crippen molar-refractivity contribution in [2.24, 2.45) is 5.73 Å². The molecule has 5 nitrogen and oxygen atoms in total. The normalized spacial score (nSPS) is 13.6. The van der Waals surface area contributed by atoms with Crippen LogP contribution in [-0.4, -0.2) is 19.8 Å². The van der Waals surface area contributed by atoms with Crippen LogP contribution < -0.4 is 5.73 Å². The monoisotopic (exact) mass is 211 g/mol. The zero-order valence-corrected chi connectivity index (χ0v) is 9.08. The predicted molar refractivity (Wildman–Crippen MR) is 55.3 cm³/mol. The summed E-state index contributed by atoms with van der Waals surface area (Å²) in [4.78, 5) is 0.834. The first-order chi connectivity index (χ1) is 6.76. The quantitative estimate of drug-likeness (QED) is 0.827. The lowest BCUT2D eigenvalue weighted by molar-refractivity contribution is 0.669. The molecular formula is C8H13N5S. The number of nitrogens with two attached hydrogens (primary N) is 1. The van der Waals surface area contributed by atoms with Crippen LogP contribution in [0.15, 0.2) is 0 Å². The Morgan fingerprint density at radius 3 is 2.86 bits per heavy atom. The molecule has 0 aromatic carbocycles. The molecule has 0 saturated carbocycles. The summed E-state index contributed by atoms with van der Waals surface area (Å²) in [5.74, 6) is 0.894. The zero-order chi connectivity index (χ0) is 10.1. The van der Waals surface area contributed by atoms with E-state index in [1.54, 1.807) is 4.52 Å². The Morgan fingerprint density at radius 1 is 1.43 bits per heavy atom. The Kier molecular flexibility index (Phi) is 2.47. The van der Waals surface area contributed by atoms with E-state index in [0.29, 0.717) is 0 Å². The largest absolute Gasteiger partial charge is 0.322 e. The molecule has 0 bridgehead atoms. The van der Waals surface area contributed by atoms with Crippen LogP contribution in [-0.2, 0) is 6.42 Å². The lowest BCUT2D eigenvalue weighted by atomic mass is 10.3. The van der Waals surface area contributed by atoms with Crippen LogP contribution >= 0.6 is 11.3 Å². The fraction of sp³-hybridized carbons (Fsp3) is 0.625. The molecule has 0 radical (unpaired) electrons. The van der Waals surface area contributed by atoms with E-state index in [0.717, 1.165) is 28.6 Å². The minimum atomic E-state index is 0.0198. The summed E-state index contributed by atoms with van der Waals surface area (Å²) >= 11 is 1.52. The van der Waals surface area contributed by atoms with Crippen LogP contribution in [0.1, 0.15) is 37.1 Å². The van der Waals surface area contributed by atoms with Gasteiger partial charge in [-0.1, -0.05) is 25.2 Å². The molecular weight excluding hydrogens is 198 g/mol. The van der Waals surface area contributed by atoms with E-state index in [1.807, 2.05) is 13.8 Å². The third kappa shape index (κ3) is 1.40. The molecule has 0 aliphatic carbocycles. The molecule has 0 amide bonds. The van der Waals surface area contributed by atoms with Crippen LogP contribution in [0.2, 0.25) is 0 Å². The summed E-state index contributed by atoms with van der Waals surface area (Å²) in [5.41, 5.74) is 5.90. The Hall–Kier alpha value is -1.01. The van der Waals surface area contributed by atoms with Gasteiger partial charge in [0.15, 0.2) is 5.82 Å². The fourth-order valence-corrected chi connectivity index (χ4v) is 2.16. The molecule has 2 heterocycles. The van der Waals surface area contributed by atoms with E-state index in [9.17, 15) is 0 Å². The number of rotatable bonds is 3. The SMILES string of the molecule is CCc1nnc2sc(C(N)CC)nn12. The number of aromatic nitrogens is 4. The van der Waals surface area contributed by atoms with Gasteiger partial charge in [0, 0.05) is 6.42 Å². The molecule has 2 rings (SSSR count). The minimum Gasteiger partial charge on any atom is -0.322 e. The molecule has 0 aliphatic rings. The van der Waals surface area contributed by atoms with E-state index in [1.165, 1.54) is 11.3 Å². The molecule has 14 heavy (non-hydrogen) atoms. The van der Waals surface area contributed by atoms with Crippen LogP contribution in [0.4, 0.5) is 0 Å². The Labute approximate surface area is 86.0 Å². The summed E-state index contributed by atoms with van der Waals surface area (Å²) in [6.45, 7) is 4.09. The smallest absolute Gasteiger partial charge is 0.234 e. The van der Waals surface area contributed by atoms with Crippen LogP contribution in [0.3, 0.4) is 0 Å². The molecule has 2 aromatic rings. The van der Waals surface area contributed by atoms with Gasteiger partial charge in [0.2, 0.25) is 4.96 Å². The van der Waals surface area contributed by atoms with Crippen molar-refractivity contribution < 1.29 is 0 Å². The standard InChI is InChI=1S/C8H13N5S/c1-3-5(9)7-12-13-6(4-2)10-11-8(13)14-7/h5H,3-4,9H2,1-2H3. The van der Waals surface area contributed by atoms with Gasteiger partial charge in [-0.05, 0) is 6.42 Å². The van der Waals surface area contributed by atoms with Crippen LogP contribution in [0.5, 0.6) is 0 Å². The van der Waals surface area contributed by atoms with Crippen molar-refractivity contribution >= 4 is 16.3 Å². The maximum Gasteiger partial charge on any atom is 0.234 e. The fourth-order valence-electron chi connectivity index (χ4n) is 1.22. The lowest BCUT2D eigenvalue weighted by Crippen LogP contribution is -2.09. The molecule has 1 atom stereocenters. The van der Waals surface area contributed by atoms with E-state index in [-0.39, 0.29) is 6.04 Å².